The van der Waals surface area contributed by atoms with Crippen LogP contribution in [0, 0.1) is 5.92 Å². The number of hydrogen-bond donors (Lipinski definition) is 2. The molecule has 2 amide bonds. The molecule has 3 aliphatic rings. The number of nitrogens with zero attached hydrogens (tertiary/aromatic N) is 1. The molecule has 0 unspecified atom stereocenters. The summed E-state index contributed by atoms with van der Waals surface area (Å²) in [6, 6.07) is 9.35. The van der Waals surface area contributed by atoms with Gasteiger partial charge in [0.25, 0.3) is 5.91 Å². The van der Waals surface area contributed by atoms with Gasteiger partial charge in [-0.1, -0.05) is 11.3 Å². The van der Waals surface area contributed by atoms with Crippen LogP contribution < -0.4 is 15.4 Å². The molecule has 2 atom stereocenters. The summed E-state index contributed by atoms with van der Waals surface area (Å²) in [6.45, 7) is 4.34. The fraction of sp³-hybridized carbons (Fsp3) is 0.429. The van der Waals surface area contributed by atoms with Crippen molar-refractivity contribution in [3.63, 3.8) is 0 Å². The van der Waals surface area contributed by atoms with E-state index in [1.807, 2.05) is 0 Å². The van der Waals surface area contributed by atoms with Gasteiger partial charge in [0.2, 0.25) is 0 Å². The van der Waals surface area contributed by atoms with E-state index in [1.165, 1.54) is 35.6 Å². The Morgan fingerprint density at radius 3 is 2.39 bits per heavy atom. The van der Waals surface area contributed by atoms with E-state index in [9.17, 15) is 22.8 Å². The number of nitrogens with one attached hydrogen (secondary N) is 2. The molecular weight excluding hydrogens is 431 g/mol. The van der Waals surface area contributed by atoms with Gasteiger partial charge in [0.05, 0.1) is 4.88 Å². The molecule has 3 aliphatic heterocycles. The Balaban J connectivity index is 1.34. The maximum absolute atomic E-state index is 12.7. The SMILES string of the molecule is C[C@@H]1[C@H](NC(=O)c2ccc(Oc3ccc(NC(=O)C(F)(F)F)cc3)s2)C2CCN1CC2. The molecule has 1 aromatic carbocycles. The molecule has 31 heavy (non-hydrogen) atoms. The Labute approximate surface area is 181 Å². The van der Waals surface area contributed by atoms with Crippen molar-refractivity contribution in [2.45, 2.75) is 38.0 Å². The predicted molar refractivity (Wildman–Crippen MR) is 111 cm³/mol. The molecule has 0 radical (unpaired) electrons. The summed E-state index contributed by atoms with van der Waals surface area (Å²) in [5.74, 6) is -1.27. The second kappa shape index (κ2) is 8.51. The van der Waals surface area contributed by atoms with E-state index in [2.05, 4.69) is 17.1 Å². The van der Waals surface area contributed by atoms with Crippen molar-refractivity contribution in [3.05, 3.63) is 41.3 Å². The van der Waals surface area contributed by atoms with Crippen LogP contribution in [0.15, 0.2) is 36.4 Å². The first-order valence-corrected chi connectivity index (χ1v) is 10.8. The Morgan fingerprint density at radius 2 is 1.77 bits per heavy atom. The van der Waals surface area contributed by atoms with Crippen LogP contribution >= 0.6 is 11.3 Å². The fourth-order valence-electron chi connectivity index (χ4n) is 4.19. The number of alkyl halides is 3. The standard InChI is InChI=1S/C21H22F3N3O3S/c1-12-18(13-8-10-27(12)11-9-13)26-19(28)16-6-7-17(31-16)30-15-4-2-14(3-5-15)25-20(29)21(22,23)24/h2-7,12-13,18H,8-11H2,1H3,(H,25,29)(H,26,28)/t12-,18+/m1/s1. The number of carbonyl (C=O) groups is 2. The molecule has 0 saturated carbocycles. The third-order valence-corrected chi connectivity index (χ3v) is 6.83. The van der Waals surface area contributed by atoms with Gasteiger partial charge in [0.1, 0.15) is 5.75 Å². The van der Waals surface area contributed by atoms with Crippen molar-refractivity contribution in [3.8, 4) is 10.8 Å². The lowest BCUT2D eigenvalue weighted by atomic mass is 9.79. The van der Waals surface area contributed by atoms with Gasteiger partial charge in [-0.15, -0.1) is 0 Å². The Hall–Kier alpha value is -2.59. The minimum Gasteiger partial charge on any atom is -0.447 e. The summed E-state index contributed by atoms with van der Waals surface area (Å²) in [5, 5.41) is 5.43. The molecule has 6 nitrogen and oxygen atoms in total. The van der Waals surface area contributed by atoms with Crippen LogP contribution in [0.3, 0.4) is 0 Å². The van der Waals surface area contributed by atoms with Gasteiger partial charge in [-0.2, -0.15) is 13.2 Å². The van der Waals surface area contributed by atoms with Crippen LogP contribution in [-0.2, 0) is 4.79 Å². The second-order valence-electron chi connectivity index (χ2n) is 7.81. The zero-order valence-electron chi connectivity index (χ0n) is 16.7. The number of hydrogen-bond acceptors (Lipinski definition) is 5. The number of ether oxygens (including phenoxy) is 1. The molecule has 1 aromatic heterocycles. The minimum atomic E-state index is -4.95. The molecule has 2 bridgehead atoms. The van der Waals surface area contributed by atoms with Crippen LogP contribution in [0.1, 0.15) is 29.4 Å². The summed E-state index contributed by atoms with van der Waals surface area (Å²) in [6.07, 6.45) is -2.74. The number of rotatable bonds is 5. The summed E-state index contributed by atoms with van der Waals surface area (Å²) in [5.41, 5.74) is 0.00700. The monoisotopic (exact) mass is 453 g/mol. The lowest BCUT2D eigenvalue weighted by Crippen LogP contribution is -2.62. The Bertz CT molecular complexity index is 951. The van der Waals surface area contributed by atoms with E-state index in [1.54, 1.807) is 17.4 Å². The molecule has 3 fully saturated rings. The number of amides is 2. The number of carbonyl (C=O) groups excluding carboxylic acids is 2. The van der Waals surface area contributed by atoms with E-state index >= 15 is 0 Å². The summed E-state index contributed by atoms with van der Waals surface area (Å²) < 4.78 is 42.6. The summed E-state index contributed by atoms with van der Waals surface area (Å²) in [7, 11) is 0. The smallest absolute Gasteiger partial charge is 0.447 e. The first-order valence-electron chi connectivity index (χ1n) is 10.0. The molecular formula is C21H22F3N3O3S. The third kappa shape index (κ3) is 4.85. The highest BCUT2D eigenvalue weighted by molar-refractivity contribution is 7.15. The molecule has 2 aromatic rings. The average molecular weight is 453 g/mol. The highest BCUT2D eigenvalue weighted by Crippen LogP contribution is 2.34. The van der Waals surface area contributed by atoms with Crippen LogP contribution in [0.25, 0.3) is 0 Å². The normalized spacial score (nSPS) is 25.2. The molecule has 166 valence electrons. The molecule has 2 N–H and O–H groups in total. The third-order valence-electron chi connectivity index (χ3n) is 5.87. The number of piperidine rings is 3. The molecule has 0 aliphatic carbocycles. The lowest BCUT2D eigenvalue weighted by molar-refractivity contribution is -0.167. The number of halogens is 3. The van der Waals surface area contributed by atoms with Crippen molar-refractivity contribution in [2.75, 3.05) is 18.4 Å². The minimum absolute atomic E-state index is 0.00700. The van der Waals surface area contributed by atoms with Crippen LogP contribution in [0.2, 0.25) is 0 Å². The Kier molecular flexibility index (Phi) is 5.94. The summed E-state index contributed by atoms with van der Waals surface area (Å²) >= 11 is 1.20. The van der Waals surface area contributed by atoms with E-state index < -0.39 is 12.1 Å². The van der Waals surface area contributed by atoms with E-state index in [0.717, 1.165) is 25.9 Å². The maximum Gasteiger partial charge on any atom is 0.471 e. The number of benzene rings is 1. The van der Waals surface area contributed by atoms with Crippen molar-refractivity contribution in [1.82, 2.24) is 10.2 Å². The zero-order chi connectivity index (χ0) is 22.2. The van der Waals surface area contributed by atoms with Gasteiger partial charge in [-0.3, -0.25) is 14.5 Å². The van der Waals surface area contributed by atoms with Crippen LogP contribution in [0.5, 0.6) is 10.8 Å². The van der Waals surface area contributed by atoms with Gasteiger partial charge >= 0.3 is 12.1 Å². The number of anilines is 1. The van der Waals surface area contributed by atoms with Gasteiger partial charge in [-0.05, 0) is 75.2 Å². The predicted octanol–water partition coefficient (Wildman–Crippen LogP) is 4.25. The maximum atomic E-state index is 12.7. The summed E-state index contributed by atoms with van der Waals surface area (Å²) in [4.78, 5) is 26.6. The van der Waals surface area contributed by atoms with Gasteiger partial charge in [-0.25, -0.2) is 0 Å². The largest absolute Gasteiger partial charge is 0.471 e. The van der Waals surface area contributed by atoms with E-state index in [0.29, 0.717) is 27.6 Å². The van der Waals surface area contributed by atoms with Gasteiger partial charge in [0, 0.05) is 17.8 Å². The highest BCUT2D eigenvalue weighted by Gasteiger charge is 2.40. The quantitative estimate of drug-likeness (QED) is 0.710. The van der Waals surface area contributed by atoms with Gasteiger partial charge < -0.3 is 15.4 Å². The second-order valence-corrected chi connectivity index (χ2v) is 8.86. The van der Waals surface area contributed by atoms with Crippen LogP contribution in [0.4, 0.5) is 18.9 Å². The lowest BCUT2D eigenvalue weighted by Gasteiger charge is -2.49. The number of fused-ring (bicyclic) bond motifs is 3. The van der Waals surface area contributed by atoms with Crippen molar-refractivity contribution >= 4 is 28.8 Å². The molecule has 3 saturated heterocycles. The molecule has 4 heterocycles. The van der Waals surface area contributed by atoms with Crippen molar-refractivity contribution in [1.29, 1.82) is 0 Å². The molecule has 5 rings (SSSR count). The van der Waals surface area contributed by atoms with E-state index in [-0.39, 0.29) is 17.6 Å². The first-order chi connectivity index (χ1) is 14.7. The fourth-order valence-corrected chi connectivity index (χ4v) is 4.97. The Morgan fingerprint density at radius 1 is 1.10 bits per heavy atom. The zero-order valence-corrected chi connectivity index (χ0v) is 17.6. The topological polar surface area (TPSA) is 70.7 Å². The van der Waals surface area contributed by atoms with Gasteiger partial charge in [0.15, 0.2) is 5.06 Å². The van der Waals surface area contributed by atoms with Crippen LogP contribution in [-0.4, -0.2) is 48.1 Å². The highest BCUT2D eigenvalue weighted by atomic mass is 32.1. The average Bonchev–Trinajstić information content (AvgIpc) is 3.20. The van der Waals surface area contributed by atoms with Crippen molar-refractivity contribution in [2.24, 2.45) is 5.92 Å². The first kappa shape index (κ1) is 21.6. The van der Waals surface area contributed by atoms with E-state index in [4.69, 9.17) is 4.74 Å². The molecule has 0 spiro atoms. The van der Waals surface area contributed by atoms with Crippen molar-refractivity contribution < 1.29 is 27.5 Å². The number of thiophene rings is 1. The molecule has 10 heteroatoms.